The van der Waals surface area contributed by atoms with Crippen LogP contribution in [0.4, 0.5) is 5.69 Å². The Labute approximate surface area is 131 Å². The van der Waals surface area contributed by atoms with E-state index < -0.39 is 0 Å². The van der Waals surface area contributed by atoms with Crippen LogP contribution in [0.1, 0.15) is 58.9 Å². The van der Waals surface area contributed by atoms with Crippen molar-refractivity contribution in [2.75, 3.05) is 25.0 Å². The first-order valence-electron chi connectivity index (χ1n) is 8.47. The molecule has 0 saturated carbocycles. The summed E-state index contributed by atoms with van der Waals surface area (Å²) in [6, 6.07) is 8.96. The Morgan fingerprint density at radius 1 is 0.952 bits per heavy atom. The molecule has 0 spiro atoms. The molecular formula is C19H34N2. The van der Waals surface area contributed by atoms with Gasteiger partial charge in [-0.05, 0) is 64.3 Å². The van der Waals surface area contributed by atoms with Crippen LogP contribution in [0, 0.1) is 0 Å². The maximum absolute atomic E-state index is 3.55. The minimum atomic E-state index is 0.255. The van der Waals surface area contributed by atoms with Gasteiger partial charge in [0.1, 0.15) is 0 Å². The highest BCUT2D eigenvalue weighted by Crippen LogP contribution is 2.15. The SMILES string of the molecule is CCc1ccc(N(C)CCCCCCNC(C)(C)C)cc1. The summed E-state index contributed by atoms with van der Waals surface area (Å²) >= 11 is 0. The number of hydrogen-bond donors (Lipinski definition) is 1. The number of benzene rings is 1. The summed E-state index contributed by atoms with van der Waals surface area (Å²) in [5, 5.41) is 3.55. The van der Waals surface area contributed by atoms with E-state index in [1.807, 2.05) is 0 Å². The van der Waals surface area contributed by atoms with Crippen LogP contribution in [0.2, 0.25) is 0 Å². The van der Waals surface area contributed by atoms with E-state index in [4.69, 9.17) is 0 Å². The Kier molecular flexibility index (Phi) is 7.81. The Bertz CT molecular complexity index is 376. The van der Waals surface area contributed by atoms with Crippen molar-refractivity contribution in [3.63, 3.8) is 0 Å². The van der Waals surface area contributed by atoms with Crippen LogP contribution in [-0.2, 0) is 6.42 Å². The van der Waals surface area contributed by atoms with Gasteiger partial charge in [-0.15, -0.1) is 0 Å². The average Bonchev–Trinajstić information content (AvgIpc) is 2.45. The fraction of sp³-hybridized carbons (Fsp3) is 0.684. The number of nitrogens with zero attached hydrogens (tertiary/aromatic N) is 1. The molecule has 0 bridgehead atoms. The van der Waals surface area contributed by atoms with Gasteiger partial charge >= 0.3 is 0 Å². The van der Waals surface area contributed by atoms with Crippen molar-refractivity contribution in [1.82, 2.24) is 5.32 Å². The molecule has 0 aliphatic heterocycles. The predicted octanol–water partition coefficient (Wildman–Crippen LogP) is 4.63. The summed E-state index contributed by atoms with van der Waals surface area (Å²) in [4.78, 5) is 2.37. The highest BCUT2D eigenvalue weighted by molar-refractivity contribution is 5.46. The maximum Gasteiger partial charge on any atom is 0.0363 e. The smallest absolute Gasteiger partial charge is 0.0363 e. The summed E-state index contributed by atoms with van der Waals surface area (Å²) in [5.74, 6) is 0. The van der Waals surface area contributed by atoms with Crippen molar-refractivity contribution in [2.24, 2.45) is 0 Å². The minimum absolute atomic E-state index is 0.255. The van der Waals surface area contributed by atoms with E-state index >= 15 is 0 Å². The number of anilines is 1. The zero-order chi connectivity index (χ0) is 15.7. The number of unbranched alkanes of at least 4 members (excludes halogenated alkanes) is 3. The molecule has 0 fully saturated rings. The molecule has 0 aromatic heterocycles. The highest BCUT2D eigenvalue weighted by atomic mass is 15.1. The third-order valence-corrected chi connectivity index (χ3v) is 3.86. The summed E-state index contributed by atoms with van der Waals surface area (Å²) in [7, 11) is 2.20. The zero-order valence-corrected chi connectivity index (χ0v) is 14.7. The molecule has 0 unspecified atom stereocenters. The quantitative estimate of drug-likeness (QED) is 0.667. The Balaban J connectivity index is 2.11. The van der Waals surface area contributed by atoms with Crippen LogP contribution in [0.3, 0.4) is 0 Å². The molecular weight excluding hydrogens is 256 g/mol. The molecule has 0 atom stereocenters. The van der Waals surface area contributed by atoms with Gasteiger partial charge in [-0.1, -0.05) is 31.9 Å². The molecule has 1 N–H and O–H groups in total. The summed E-state index contributed by atoms with van der Waals surface area (Å²) in [5.41, 5.74) is 3.00. The van der Waals surface area contributed by atoms with Crippen LogP contribution in [0.5, 0.6) is 0 Å². The second-order valence-corrected chi connectivity index (χ2v) is 7.03. The van der Waals surface area contributed by atoms with Crippen LogP contribution in [0.25, 0.3) is 0 Å². The lowest BCUT2D eigenvalue weighted by molar-refractivity contribution is 0.416. The van der Waals surface area contributed by atoms with Gasteiger partial charge in [0.05, 0.1) is 0 Å². The number of aryl methyl sites for hydroxylation is 1. The fourth-order valence-electron chi connectivity index (χ4n) is 2.41. The highest BCUT2D eigenvalue weighted by Gasteiger charge is 2.07. The van der Waals surface area contributed by atoms with Crippen LogP contribution in [-0.4, -0.2) is 25.7 Å². The fourth-order valence-corrected chi connectivity index (χ4v) is 2.41. The Hall–Kier alpha value is -1.02. The molecule has 1 aromatic carbocycles. The molecule has 0 aliphatic rings. The zero-order valence-electron chi connectivity index (χ0n) is 14.7. The third-order valence-electron chi connectivity index (χ3n) is 3.86. The molecule has 1 aromatic rings. The molecule has 0 radical (unpaired) electrons. The van der Waals surface area contributed by atoms with Gasteiger partial charge in [0.25, 0.3) is 0 Å². The second-order valence-electron chi connectivity index (χ2n) is 7.03. The van der Waals surface area contributed by atoms with Crippen LogP contribution < -0.4 is 10.2 Å². The molecule has 21 heavy (non-hydrogen) atoms. The predicted molar refractivity (Wildman–Crippen MR) is 95.3 cm³/mol. The Morgan fingerprint density at radius 3 is 2.14 bits per heavy atom. The number of hydrogen-bond acceptors (Lipinski definition) is 2. The molecule has 0 heterocycles. The van der Waals surface area contributed by atoms with Gasteiger partial charge in [-0.3, -0.25) is 0 Å². The molecule has 120 valence electrons. The second kappa shape index (κ2) is 9.09. The van der Waals surface area contributed by atoms with Crippen molar-refractivity contribution in [3.05, 3.63) is 29.8 Å². The van der Waals surface area contributed by atoms with E-state index in [0.29, 0.717) is 0 Å². The molecule has 0 aliphatic carbocycles. The standard InChI is InChI=1S/C19H34N2/c1-6-17-11-13-18(14-12-17)21(5)16-10-8-7-9-15-20-19(2,3)4/h11-14,20H,6-10,15-16H2,1-5H3. The largest absolute Gasteiger partial charge is 0.375 e. The first-order valence-corrected chi connectivity index (χ1v) is 8.47. The van der Waals surface area contributed by atoms with Crippen molar-refractivity contribution in [1.29, 1.82) is 0 Å². The van der Waals surface area contributed by atoms with Crippen molar-refractivity contribution in [3.8, 4) is 0 Å². The van der Waals surface area contributed by atoms with E-state index in [0.717, 1.165) is 19.5 Å². The van der Waals surface area contributed by atoms with Gasteiger partial charge in [-0.25, -0.2) is 0 Å². The molecule has 2 heteroatoms. The Morgan fingerprint density at radius 2 is 1.57 bits per heavy atom. The van der Waals surface area contributed by atoms with Gasteiger partial charge < -0.3 is 10.2 Å². The molecule has 1 rings (SSSR count). The molecule has 0 amide bonds. The van der Waals surface area contributed by atoms with Gasteiger partial charge in [-0.2, -0.15) is 0 Å². The minimum Gasteiger partial charge on any atom is -0.375 e. The van der Waals surface area contributed by atoms with E-state index in [-0.39, 0.29) is 5.54 Å². The number of nitrogens with one attached hydrogen (secondary N) is 1. The summed E-state index contributed by atoms with van der Waals surface area (Å²) < 4.78 is 0. The van der Waals surface area contributed by atoms with Gasteiger partial charge in [0.15, 0.2) is 0 Å². The average molecular weight is 290 g/mol. The molecule has 2 nitrogen and oxygen atoms in total. The van der Waals surface area contributed by atoms with Crippen LogP contribution in [0.15, 0.2) is 24.3 Å². The lowest BCUT2D eigenvalue weighted by Crippen LogP contribution is -2.36. The van der Waals surface area contributed by atoms with Gasteiger partial charge in [0, 0.05) is 24.8 Å². The van der Waals surface area contributed by atoms with E-state index in [1.54, 1.807) is 0 Å². The summed E-state index contributed by atoms with van der Waals surface area (Å²) in [6.07, 6.45) is 6.33. The lowest BCUT2D eigenvalue weighted by atomic mass is 10.1. The topological polar surface area (TPSA) is 15.3 Å². The normalized spacial score (nSPS) is 11.7. The van der Waals surface area contributed by atoms with Crippen molar-refractivity contribution >= 4 is 5.69 Å². The van der Waals surface area contributed by atoms with E-state index in [1.165, 1.54) is 36.9 Å². The molecule has 0 saturated heterocycles. The summed E-state index contributed by atoms with van der Waals surface area (Å²) in [6.45, 7) is 11.2. The third kappa shape index (κ3) is 8.11. The maximum atomic E-state index is 3.55. The first-order chi connectivity index (χ1) is 9.92. The first kappa shape index (κ1) is 18.0. The van der Waals surface area contributed by atoms with Gasteiger partial charge in [0.2, 0.25) is 0 Å². The number of rotatable bonds is 9. The van der Waals surface area contributed by atoms with Crippen molar-refractivity contribution < 1.29 is 0 Å². The van der Waals surface area contributed by atoms with E-state index in [9.17, 15) is 0 Å². The lowest BCUT2D eigenvalue weighted by Gasteiger charge is -2.21. The van der Waals surface area contributed by atoms with Crippen LogP contribution >= 0.6 is 0 Å². The van der Waals surface area contributed by atoms with E-state index in [2.05, 4.69) is 69.2 Å². The monoisotopic (exact) mass is 290 g/mol. The van der Waals surface area contributed by atoms with Crippen molar-refractivity contribution in [2.45, 2.75) is 65.3 Å².